The summed E-state index contributed by atoms with van der Waals surface area (Å²) in [5.74, 6) is -2.79. The van der Waals surface area contributed by atoms with E-state index >= 15 is 0 Å². The van der Waals surface area contributed by atoms with Gasteiger partial charge in [0.05, 0.1) is 18.1 Å². The number of esters is 2. The van der Waals surface area contributed by atoms with Crippen molar-refractivity contribution in [1.82, 2.24) is 0 Å². The molecule has 0 saturated heterocycles. The molecule has 1 aliphatic carbocycles. The molecular formula is C22H23ClO6S. The minimum absolute atomic E-state index is 0.000443. The smallest absolute Gasteiger partial charge is 0.325 e. The van der Waals surface area contributed by atoms with Crippen molar-refractivity contribution in [3.63, 3.8) is 0 Å². The molecule has 160 valence electrons. The number of carbonyl (C=O) groups is 2. The van der Waals surface area contributed by atoms with E-state index in [-0.39, 0.29) is 18.1 Å². The lowest BCUT2D eigenvalue weighted by molar-refractivity contribution is -0.164. The molecule has 0 radical (unpaired) electrons. The standard InChI is InChI=1S/C22H23ClO6S/c1-4-28-20(24)22(21(25)29-5-2)18(15-7-6-8-16(23)13-15)19(22)30(26,27)17-11-9-14(3)10-12-17/h6-13,18-19H,4-5H2,1-3H3/t18-,19-/m1/s1. The zero-order valence-corrected chi connectivity index (χ0v) is 18.5. The van der Waals surface area contributed by atoms with Crippen LogP contribution in [0.4, 0.5) is 0 Å². The summed E-state index contributed by atoms with van der Waals surface area (Å²) in [6, 6.07) is 12.8. The Morgan fingerprint density at radius 3 is 2.07 bits per heavy atom. The van der Waals surface area contributed by atoms with E-state index in [9.17, 15) is 18.0 Å². The predicted octanol–water partition coefficient (Wildman–Crippen LogP) is 3.70. The van der Waals surface area contributed by atoms with Gasteiger partial charge in [-0.05, 0) is 50.6 Å². The van der Waals surface area contributed by atoms with Crippen molar-refractivity contribution >= 4 is 33.4 Å². The average Bonchev–Trinajstić information content (AvgIpc) is 3.41. The lowest BCUT2D eigenvalue weighted by atomic mass is 9.99. The van der Waals surface area contributed by atoms with Crippen LogP contribution >= 0.6 is 11.6 Å². The van der Waals surface area contributed by atoms with Gasteiger partial charge < -0.3 is 9.47 Å². The largest absolute Gasteiger partial charge is 0.465 e. The van der Waals surface area contributed by atoms with Crippen LogP contribution < -0.4 is 0 Å². The third-order valence-corrected chi connectivity index (χ3v) is 7.73. The number of aryl methyl sites for hydroxylation is 1. The number of rotatable bonds is 7. The molecule has 0 N–H and O–H groups in total. The van der Waals surface area contributed by atoms with Crippen LogP contribution in [0.5, 0.6) is 0 Å². The summed E-state index contributed by atoms with van der Waals surface area (Å²) in [6.07, 6.45) is 0. The van der Waals surface area contributed by atoms with Gasteiger partial charge in [0, 0.05) is 10.9 Å². The average molecular weight is 451 g/mol. The summed E-state index contributed by atoms with van der Waals surface area (Å²) in [5, 5.41) is -0.989. The first-order valence-corrected chi connectivity index (χ1v) is 11.5. The van der Waals surface area contributed by atoms with Crippen molar-refractivity contribution in [3.8, 4) is 0 Å². The van der Waals surface area contributed by atoms with Gasteiger partial charge in [0.25, 0.3) is 0 Å². The van der Waals surface area contributed by atoms with Crippen molar-refractivity contribution in [2.75, 3.05) is 13.2 Å². The van der Waals surface area contributed by atoms with Crippen LogP contribution in [0.1, 0.15) is 30.9 Å². The molecule has 1 fully saturated rings. The van der Waals surface area contributed by atoms with Crippen molar-refractivity contribution in [1.29, 1.82) is 0 Å². The first-order chi connectivity index (χ1) is 14.2. The van der Waals surface area contributed by atoms with E-state index in [1.165, 1.54) is 12.1 Å². The van der Waals surface area contributed by atoms with Gasteiger partial charge in [0.2, 0.25) is 0 Å². The van der Waals surface area contributed by atoms with Crippen molar-refractivity contribution in [2.24, 2.45) is 5.41 Å². The lowest BCUT2D eigenvalue weighted by Crippen LogP contribution is -2.35. The molecule has 0 aliphatic heterocycles. The summed E-state index contributed by atoms with van der Waals surface area (Å²) in [7, 11) is -4.07. The Bertz CT molecular complexity index is 1040. The Morgan fingerprint density at radius 2 is 1.57 bits per heavy atom. The second-order valence-corrected chi connectivity index (χ2v) is 9.63. The summed E-state index contributed by atoms with van der Waals surface area (Å²) < 4.78 is 37.4. The van der Waals surface area contributed by atoms with Crippen LogP contribution in [-0.2, 0) is 28.9 Å². The number of sulfone groups is 1. The molecule has 2 aromatic carbocycles. The fraction of sp³-hybridized carbons (Fsp3) is 0.364. The Balaban J connectivity index is 2.21. The highest BCUT2D eigenvalue weighted by molar-refractivity contribution is 7.92. The van der Waals surface area contributed by atoms with Gasteiger partial charge in [0.1, 0.15) is 5.25 Å². The van der Waals surface area contributed by atoms with Crippen LogP contribution in [-0.4, -0.2) is 38.8 Å². The number of ether oxygens (including phenoxy) is 2. The predicted molar refractivity (Wildman–Crippen MR) is 112 cm³/mol. The number of carbonyl (C=O) groups excluding carboxylic acids is 2. The molecule has 0 amide bonds. The summed E-state index contributed by atoms with van der Waals surface area (Å²) in [6.45, 7) is 5.02. The molecule has 0 spiro atoms. The highest BCUT2D eigenvalue weighted by atomic mass is 35.5. The SMILES string of the molecule is CCOC(=O)C1(C(=O)OCC)[C@H](c2cccc(Cl)c2)[C@H]1S(=O)(=O)c1ccc(C)cc1. The van der Waals surface area contributed by atoms with E-state index in [1.807, 2.05) is 6.92 Å². The fourth-order valence-electron chi connectivity index (χ4n) is 3.86. The summed E-state index contributed by atoms with van der Waals surface area (Å²) in [4.78, 5) is 26.1. The normalized spacial score (nSPS) is 19.7. The monoisotopic (exact) mass is 450 g/mol. The minimum atomic E-state index is -4.07. The third-order valence-electron chi connectivity index (χ3n) is 5.25. The molecule has 30 heavy (non-hydrogen) atoms. The van der Waals surface area contributed by atoms with Crippen LogP contribution in [0.15, 0.2) is 53.4 Å². The molecule has 2 atom stereocenters. The van der Waals surface area contributed by atoms with Crippen molar-refractivity contribution in [2.45, 2.75) is 36.8 Å². The maximum atomic E-state index is 13.6. The van der Waals surface area contributed by atoms with Crippen molar-refractivity contribution in [3.05, 3.63) is 64.7 Å². The highest BCUT2D eigenvalue weighted by Gasteiger charge is 2.81. The van der Waals surface area contributed by atoms with Gasteiger partial charge in [-0.2, -0.15) is 0 Å². The third kappa shape index (κ3) is 3.61. The lowest BCUT2D eigenvalue weighted by Gasteiger charge is -2.15. The second kappa shape index (κ2) is 8.40. The Morgan fingerprint density at radius 1 is 1.00 bits per heavy atom. The van der Waals surface area contributed by atoms with Gasteiger partial charge in [0.15, 0.2) is 15.3 Å². The summed E-state index contributed by atoms with van der Waals surface area (Å²) >= 11 is 6.11. The Labute approximate surface area is 181 Å². The molecule has 0 aromatic heterocycles. The zero-order valence-electron chi connectivity index (χ0n) is 16.9. The van der Waals surface area contributed by atoms with E-state index in [0.717, 1.165) is 5.56 Å². The minimum Gasteiger partial charge on any atom is -0.465 e. The quantitative estimate of drug-likeness (QED) is 0.472. The first kappa shape index (κ1) is 22.3. The molecule has 1 aliphatic rings. The molecule has 0 unspecified atom stereocenters. The Kier molecular flexibility index (Phi) is 6.24. The van der Waals surface area contributed by atoms with Crippen molar-refractivity contribution < 1.29 is 27.5 Å². The van der Waals surface area contributed by atoms with E-state index in [0.29, 0.717) is 10.6 Å². The van der Waals surface area contributed by atoms with Crippen LogP contribution in [0.3, 0.4) is 0 Å². The van der Waals surface area contributed by atoms with Gasteiger partial charge >= 0.3 is 11.9 Å². The van der Waals surface area contributed by atoms with E-state index in [1.54, 1.807) is 50.2 Å². The molecule has 0 heterocycles. The van der Waals surface area contributed by atoms with Crippen LogP contribution in [0.2, 0.25) is 5.02 Å². The van der Waals surface area contributed by atoms with Crippen LogP contribution in [0.25, 0.3) is 0 Å². The highest BCUT2D eigenvalue weighted by Crippen LogP contribution is 2.65. The van der Waals surface area contributed by atoms with E-state index < -0.39 is 38.4 Å². The van der Waals surface area contributed by atoms with Gasteiger partial charge in [-0.15, -0.1) is 0 Å². The second-order valence-electron chi connectivity index (χ2n) is 7.12. The summed E-state index contributed by atoms with van der Waals surface area (Å²) in [5.41, 5.74) is -0.636. The van der Waals surface area contributed by atoms with Crippen LogP contribution in [0, 0.1) is 12.3 Å². The zero-order chi connectivity index (χ0) is 22.1. The van der Waals surface area contributed by atoms with E-state index in [4.69, 9.17) is 21.1 Å². The fourth-order valence-corrected chi connectivity index (χ4v) is 6.35. The molecule has 0 bridgehead atoms. The molecular weight excluding hydrogens is 428 g/mol. The van der Waals surface area contributed by atoms with Gasteiger partial charge in [-0.1, -0.05) is 41.4 Å². The Hall–Kier alpha value is -2.38. The van der Waals surface area contributed by atoms with Gasteiger partial charge in [-0.25, -0.2) is 8.42 Å². The van der Waals surface area contributed by atoms with E-state index in [2.05, 4.69) is 0 Å². The maximum Gasteiger partial charge on any atom is 0.325 e. The number of hydrogen-bond acceptors (Lipinski definition) is 6. The van der Waals surface area contributed by atoms with Gasteiger partial charge in [-0.3, -0.25) is 9.59 Å². The first-order valence-electron chi connectivity index (χ1n) is 9.61. The molecule has 1 saturated carbocycles. The number of hydrogen-bond donors (Lipinski definition) is 0. The molecule has 2 aromatic rings. The molecule has 6 nitrogen and oxygen atoms in total. The number of benzene rings is 2. The molecule has 3 rings (SSSR count). The topological polar surface area (TPSA) is 86.7 Å². The number of halogens is 1. The molecule has 8 heteroatoms. The maximum absolute atomic E-state index is 13.6.